The van der Waals surface area contributed by atoms with Crippen LogP contribution in [0, 0.1) is 0 Å². The SMILES string of the molecule is ClC(Cl)(Cl)C(Cl)(Cl)Cl.ClCc1ccccc1. The quantitative estimate of drug-likeness (QED) is 0.525. The molecule has 92 valence electrons. The molecule has 0 unspecified atom stereocenters. The molecule has 0 radical (unpaired) electrons. The fourth-order valence-electron chi connectivity index (χ4n) is 0.567. The molecule has 0 atom stereocenters. The van der Waals surface area contributed by atoms with Crippen LogP contribution in [0.2, 0.25) is 0 Å². The summed E-state index contributed by atoms with van der Waals surface area (Å²) in [5.74, 6) is 0.612. The molecule has 0 spiro atoms. The Morgan fingerprint density at radius 3 is 1.31 bits per heavy atom. The molecule has 1 aromatic rings. The molecular weight excluding hydrogens is 356 g/mol. The van der Waals surface area contributed by atoms with Crippen molar-refractivity contribution in [2.75, 3.05) is 0 Å². The number of hydrogen-bond acceptors (Lipinski definition) is 0. The van der Waals surface area contributed by atoms with Crippen LogP contribution < -0.4 is 0 Å². The van der Waals surface area contributed by atoms with E-state index in [-0.39, 0.29) is 0 Å². The van der Waals surface area contributed by atoms with Gasteiger partial charge in [-0.05, 0) is 5.56 Å². The molecule has 0 fully saturated rings. The number of benzene rings is 1. The Bertz CT molecular complexity index is 273. The average molecular weight is 363 g/mol. The predicted molar refractivity (Wildman–Crippen MR) is 76.6 cm³/mol. The minimum atomic E-state index is -1.85. The molecular formula is C9H7Cl7. The first-order valence-corrected chi connectivity index (χ1v) is 6.72. The Morgan fingerprint density at radius 1 is 0.750 bits per heavy atom. The van der Waals surface area contributed by atoms with Crippen molar-refractivity contribution in [3.05, 3.63) is 35.9 Å². The molecule has 7 heteroatoms. The number of halogens is 7. The summed E-state index contributed by atoms with van der Waals surface area (Å²) < 4.78 is -3.70. The van der Waals surface area contributed by atoms with Crippen molar-refractivity contribution < 1.29 is 0 Å². The zero-order chi connectivity index (χ0) is 12.8. The minimum Gasteiger partial charge on any atom is -0.122 e. The Balaban J connectivity index is 0.000000281. The zero-order valence-electron chi connectivity index (χ0n) is 7.74. The van der Waals surface area contributed by atoms with Gasteiger partial charge in [0.15, 0.2) is 0 Å². The third-order valence-electron chi connectivity index (χ3n) is 1.32. The van der Waals surface area contributed by atoms with Crippen molar-refractivity contribution in [2.24, 2.45) is 0 Å². The van der Waals surface area contributed by atoms with E-state index in [1.54, 1.807) is 0 Å². The van der Waals surface area contributed by atoms with Crippen molar-refractivity contribution in [2.45, 2.75) is 13.5 Å². The molecule has 0 amide bonds. The highest BCUT2D eigenvalue weighted by Gasteiger charge is 2.43. The highest BCUT2D eigenvalue weighted by atomic mass is 35.6. The number of rotatable bonds is 1. The van der Waals surface area contributed by atoms with Crippen LogP contribution in [0.15, 0.2) is 30.3 Å². The largest absolute Gasteiger partial charge is 0.236 e. The van der Waals surface area contributed by atoms with Gasteiger partial charge in [-0.3, -0.25) is 0 Å². The molecule has 0 saturated heterocycles. The molecule has 1 aromatic carbocycles. The molecule has 0 aliphatic carbocycles. The molecule has 0 N–H and O–H groups in total. The van der Waals surface area contributed by atoms with Crippen LogP contribution in [0.1, 0.15) is 5.56 Å². The van der Waals surface area contributed by atoms with Gasteiger partial charge in [0.05, 0.1) is 0 Å². The van der Waals surface area contributed by atoms with Gasteiger partial charge in [0.2, 0.25) is 7.59 Å². The molecule has 1 rings (SSSR count). The molecule has 0 aliphatic heterocycles. The van der Waals surface area contributed by atoms with Crippen LogP contribution in [0.3, 0.4) is 0 Å². The summed E-state index contributed by atoms with van der Waals surface area (Å²) in [5, 5.41) is 0. The van der Waals surface area contributed by atoms with E-state index < -0.39 is 7.59 Å². The summed E-state index contributed by atoms with van der Waals surface area (Å²) in [6.07, 6.45) is 0. The van der Waals surface area contributed by atoms with E-state index in [0.717, 1.165) is 0 Å². The summed E-state index contributed by atoms with van der Waals surface area (Å²) in [7, 11) is 0. The first kappa shape index (κ1) is 17.2. The topological polar surface area (TPSA) is 0 Å². The average Bonchev–Trinajstić information content (AvgIpc) is 2.17. The van der Waals surface area contributed by atoms with Gasteiger partial charge in [-0.25, -0.2) is 0 Å². The smallest absolute Gasteiger partial charge is 0.122 e. The summed E-state index contributed by atoms with van der Waals surface area (Å²) in [5.41, 5.74) is 1.18. The van der Waals surface area contributed by atoms with Crippen molar-refractivity contribution in [3.8, 4) is 0 Å². The molecule has 16 heavy (non-hydrogen) atoms. The Labute approximate surface area is 130 Å². The first-order valence-electron chi connectivity index (χ1n) is 3.92. The van der Waals surface area contributed by atoms with E-state index >= 15 is 0 Å². The third kappa shape index (κ3) is 7.55. The fraction of sp³-hybridized carbons (Fsp3) is 0.333. The van der Waals surface area contributed by atoms with Gasteiger partial charge in [0.25, 0.3) is 0 Å². The molecule has 0 saturated carbocycles. The Hall–Kier alpha value is 1.25. The van der Waals surface area contributed by atoms with Crippen LogP contribution in [0.25, 0.3) is 0 Å². The van der Waals surface area contributed by atoms with E-state index in [9.17, 15) is 0 Å². The van der Waals surface area contributed by atoms with Crippen molar-refractivity contribution >= 4 is 81.2 Å². The van der Waals surface area contributed by atoms with Gasteiger partial charge < -0.3 is 0 Å². The molecule has 0 aromatic heterocycles. The maximum Gasteiger partial charge on any atom is 0.236 e. The predicted octanol–water partition coefficient (Wildman–Crippen LogP) is 6.15. The fourth-order valence-corrected chi connectivity index (χ4v) is 0.745. The lowest BCUT2D eigenvalue weighted by molar-refractivity contribution is 1.10. The van der Waals surface area contributed by atoms with E-state index in [4.69, 9.17) is 81.2 Å². The second-order valence-corrected chi connectivity index (χ2v) is 7.44. The van der Waals surface area contributed by atoms with Crippen molar-refractivity contribution in [3.63, 3.8) is 0 Å². The number of alkyl halides is 7. The highest BCUT2D eigenvalue weighted by molar-refractivity contribution is 6.83. The van der Waals surface area contributed by atoms with Crippen LogP contribution in [0.4, 0.5) is 0 Å². The monoisotopic (exact) mass is 360 g/mol. The van der Waals surface area contributed by atoms with Gasteiger partial charge >= 0.3 is 0 Å². The van der Waals surface area contributed by atoms with Crippen molar-refractivity contribution in [1.82, 2.24) is 0 Å². The standard InChI is InChI=1S/C7H7Cl.C2Cl6/c8-6-7-4-2-1-3-5-7;3-1(4,5)2(6,7)8/h1-5H,6H2;. The summed E-state index contributed by atoms with van der Waals surface area (Å²) in [4.78, 5) is 0. The van der Waals surface area contributed by atoms with Crippen LogP contribution >= 0.6 is 81.2 Å². The molecule has 0 heterocycles. The summed E-state index contributed by atoms with van der Waals surface area (Å²) >= 11 is 36.4. The van der Waals surface area contributed by atoms with Crippen LogP contribution in [-0.4, -0.2) is 7.59 Å². The lowest BCUT2D eigenvalue weighted by Gasteiger charge is -2.19. The van der Waals surface area contributed by atoms with E-state index in [0.29, 0.717) is 5.88 Å². The number of hydrogen-bond donors (Lipinski definition) is 0. The maximum absolute atomic E-state index is 5.53. The van der Waals surface area contributed by atoms with Crippen molar-refractivity contribution in [1.29, 1.82) is 0 Å². The van der Waals surface area contributed by atoms with Gasteiger partial charge in [0.1, 0.15) is 0 Å². The molecule has 0 aliphatic rings. The summed E-state index contributed by atoms with van der Waals surface area (Å²) in [6, 6.07) is 9.96. The van der Waals surface area contributed by atoms with Gasteiger partial charge in [-0.1, -0.05) is 99.9 Å². The molecule has 0 bridgehead atoms. The van der Waals surface area contributed by atoms with E-state index in [1.165, 1.54) is 5.56 Å². The van der Waals surface area contributed by atoms with Gasteiger partial charge in [-0.2, -0.15) is 0 Å². The Kier molecular flexibility index (Phi) is 8.23. The van der Waals surface area contributed by atoms with Crippen LogP contribution in [0.5, 0.6) is 0 Å². The molecule has 0 nitrogen and oxygen atoms in total. The zero-order valence-corrected chi connectivity index (χ0v) is 13.0. The lowest BCUT2D eigenvalue weighted by Crippen LogP contribution is -2.23. The minimum absolute atomic E-state index is 0.612. The second kappa shape index (κ2) is 7.63. The van der Waals surface area contributed by atoms with E-state index in [2.05, 4.69) is 0 Å². The first-order chi connectivity index (χ1) is 7.18. The second-order valence-electron chi connectivity index (χ2n) is 2.61. The Morgan fingerprint density at radius 2 is 1.12 bits per heavy atom. The van der Waals surface area contributed by atoms with Gasteiger partial charge in [-0.15, -0.1) is 11.6 Å². The third-order valence-corrected chi connectivity index (χ3v) is 4.20. The highest BCUT2D eigenvalue weighted by Crippen LogP contribution is 2.48. The van der Waals surface area contributed by atoms with Gasteiger partial charge in [0, 0.05) is 5.88 Å². The summed E-state index contributed by atoms with van der Waals surface area (Å²) in [6.45, 7) is 0. The van der Waals surface area contributed by atoms with Crippen LogP contribution in [-0.2, 0) is 5.88 Å². The van der Waals surface area contributed by atoms with E-state index in [1.807, 2.05) is 30.3 Å². The normalized spacial score (nSPS) is 11.7. The maximum atomic E-state index is 5.53. The lowest BCUT2D eigenvalue weighted by atomic mass is 10.2.